The highest BCUT2D eigenvalue weighted by Gasteiger charge is 2.23. The number of thioether (sulfide) groups is 1. The lowest BCUT2D eigenvalue weighted by Crippen LogP contribution is -2.35. The van der Waals surface area contributed by atoms with Gasteiger partial charge in [-0.15, -0.1) is 11.8 Å². The number of rotatable bonds is 4. The van der Waals surface area contributed by atoms with Crippen LogP contribution in [0.3, 0.4) is 0 Å². The lowest BCUT2D eigenvalue weighted by atomic mass is 10.2. The van der Waals surface area contributed by atoms with Crippen LogP contribution in [0, 0.1) is 10.1 Å². The zero-order valence-corrected chi connectivity index (χ0v) is 13.7. The van der Waals surface area contributed by atoms with Crippen LogP contribution in [0.15, 0.2) is 53.4 Å². The number of hydrogen-bond donors (Lipinski definition) is 0. The molecular formula is C17H16N2O4S. The van der Waals surface area contributed by atoms with Gasteiger partial charge in [-0.05, 0) is 30.4 Å². The van der Waals surface area contributed by atoms with E-state index in [9.17, 15) is 14.9 Å². The number of ether oxygens (including phenoxy) is 1. The summed E-state index contributed by atoms with van der Waals surface area (Å²) in [5, 5.41) is 11.0. The van der Waals surface area contributed by atoms with E-state index in [-0.39, 0.29) is 24.0 Å². The summed E-state index contributed by atoms with van der Waals surface area (Å²) < 4.78 is 5.43. The molecule has 124 valence electrons. The van der Waals surface area contributed by atoms with Gasteiger partial charge in [0.05, 0.1) is 10.6 Å². The summed E-state index contributed by atoms with van der Waals surface area (Å²) in [6.07, 6.45) is 0.885. The maximum Gasteiger partial charge on any atom is 0.310 e. The number of amides is 1. The molecule has 0 atom stereocenters. The van der Waals surface area contributed by atoms with Crippen LogP contribution in [0.2, 0.25) is 0 Å². The van der Waals surface area contributed by atoms with E-state index >= 15 is 0 Å². The molecule has 1 amide bonds. The lowest BCUT2D eigenvalue weighted by Gasteiger charge is -2.22. The molecule has 6 nitrogen and oxygen atoms in total. The van der Waals surface area contributed by atoms with Gasteiger partial charge in [0, 0.05) is 17.5 Å². The summed E-state index contributed by atoms with van der Waals surface area (Å²) in [7, 11) is 0. The van der Waals surface area contributed by atoms with E-state index in [1.807, 2.05) is 24.3 Å². The molecule has 0 saturated heterocycles. The minimum Gasteiger partial charge on any atom is -0.477 e. The van der Waals surface area contributed by atoms with Crippen molar-refractivity contribution in [3.63, 3.8) is 0 Å². The Bertz CT molecular complexity index is 766. The second kappa shape index (κ2) is 7.35. The van der Waals surface area contributed by atoms with Crippen LogP contribution in [0.1, 0.15) is 6.42 Å². The number of nitro benzene ring substituents is 1. The monoisotopic (exact) mass is 344 g/mol. The van der Waals surface area contributed by atoms with Gasteiger partial charge >= 0.3 is 5.69 Å². The van der Waals surface area contributed by atoms with Crippen LogP contribution >= 0.6 is 11.8 Å². The average molecular weight is 344 g/mol. The van der Waals surface area contributed by atoms with Crippen molar-refractivity contribution in [3.05, 3.63) is 58.6 Å². The number of benzene rings is 2. The minimum atomic E-state index is -0.516. The van der Waals surface area contributed by atoms with E-state index in [4.69, 9.17) is 4.74 Å². The Balaban J connectivity index is 1.75. The largest absolute Gasteiger partial charge is 0.477 e. The molecule has 0 unspecified atom stereocenters. The Morgan fingerprint density at radius 1 is 1.21 bits per heavy atom. The second-order valence-electron chi connectivity index (χ2n) is 5.23. The minimum absolute atomic E-state index is 0.105. The van der Waals surface area contributed by atoms with Crippen LogP contribution in [0.5, 0.6) is 5.75 Å². The highest BCUT2D eigenvalue weighted by Crippen LogP contribution is 2.33. The van der Waals surface area contributed by atoms with Crippen molar-refractivity contribution < 1.29 is 14.5 Å². The predicted molar refractivity (Wildman–Crippen MR) is 92.7 cm³/mol. The topological polar surface area (TPSA) is 72.7 Å². The number of carbonyl (C=O) groups excluding carboxylic acids is 1. The number of para-hydroxylation sites is 3. The van der Waals surface area contributed by atoms with E-state index in [1.165, 1.54) is 12.1 Å². The maximum absolute atomic E-state index is 12.6. The molecule has 0 bridgehead atoms. The molecule has 1 aliphatic heterocycles. The Kier molecular flexibility index (Phi) is 5.00. The molecule has 0 spiro atoms. The highest BCUT2D eigenvalue weighted by molar-refractivity contribution is 7.99. The molecule has 0 radical (unpaired) electrons. The molecule has 0 aromatic heterocycles. The Morgan fingerprint density at radius 2 is 1.96 bits per heavy atom. The van der Waals surface area contributed by atoms with Gasteiger partial charge in [0.2, 0.25) is 0 Å². The van der Waals surface area contributed by atoms with Crippen LogP contribution in [0.4, 0.5) is 11.4 Å². The van der Waals surface area contributed by atoms with Gasteiger partial charge in [0.25, 0.3) is 5.91 Å². The van der Waals surface area contributed by atoms with E-state index in [0.29, 0.717) is 6.54 Å². The fraction of sp³-hybridized carbons (Fsp3) is 0.235. The first-order valence-electron chi connectivity index (χ1n) is 7.55. The SMILES string of the molecule is O=C(COc1ccccc1[N+](=O)[O-])N1CCCSc2ccccc21. The standard InChI is InChI=1S/C17H16N2O4S/c20-17(12-23-15-8-3-1-6-13(15)19(21)22)18-10-5-11-24-16-9-4-2-7-14(16)18/h1-4,6-9H,5,10-12H2. The molecule has 7 heteroatoms. The smallest absolute Gasteiger partial charge is 0.310 e. The van der Waals surface area contributed by atoms with Crippen molar-refractivity contribution in [2.24, 2.45) is 0 Å². The zero-order valence-electron chi connectivity index (χ0n) is 12.9. The van der Waals surface area contributed by atoms with Crippen molar-refractivity contribution in [2.75, 3.05) is 23.8 Å². The van der Waals surface area contributed by atoms with Gasteiger partial charge in [-0.1, -0.05) is 24.3 Å². The summed E-state index contributed by atoms with van der Waals surface area (Å²) >= 11 is 1.73. The molecule has 1 aliphatic rings. The van der Waals surface area contributed by atoms with E-state index < -0.39 is 4.92 Å². The quantitative estimate of drug-likeness (QED) is 0.627. The molecule has 0 aliphatic carbocycles. The number of nitro groups is 1. The first kappa shape index (κ1) is 16.3. The van der Waals surface area contributed by atoms with E-state index in [2.05, 4.69) is 0 Å². The van der Waals surface area contributed by atoms with Crippen molar-refractivity contribution in [3.8, 4) is 5.75 Å². The predicted octanol–water partition coefficient (Wildman–Crippen LogP) is 3.50. The molecule has 2 aromatic rings. The van der Waals surface area contributed by atoms with E-state index in [1.54, 1.807) is 28.8 Å². The number of fused-ring (bicyclic) bond motifs is 1. The van der Waals surface area contributed by atoms with Crippen LogP contribution in [-0.4, -0.2) is 29.7 Å². The average Bonchev–Trinajstić information content (AvgIpc) is 2.82. The molecule has 3 rings (SSSR count). The summed E-state index contributed by atoms with van der Waals surface area (Å²) in [4.78, 5) is 25.8. The van der Waals surface area contributed by atoms with Crippen LogP contribution in [-0.2, 0) is 4.79 Å². The van der Waals surface area contributed by atoms with E-state index in [0.717, 1.165) is 22.8 Å². The first-order valence-corrected chi connectivity index (χ1v) is 8.54. The Hall–Kier alpha value is -2.54. The third-order valence-corrected chi connectivity index (χ3v) is 4.80. The highest BCUT2D eigenvalue weighted by atomic mass is 32.2. The maximum atomic E-state index is 12.6. The van der Waals surface area contributed by atoms with Crippen LogP contribution < -0.4 is 9.64 Å². The molecule has 1 heterocycles. The summed E-state index contributed by atoms with van der Waals surface area (Å²) in [5.41, 5.74) is 0.730. The molecule has 2 aromatic carbocycles. The summed E-state index contributed by atoms with van der Waals surface area (Å²) in [6, 6.07) is 13.8. The van der Waals surface area contributed by atoms with Crippen molar-refractivity contribution in [2.45, 2.75) is 11.3 Å². The molecule has 0 saturated carbocycles. The Labute approximate surface area is 143 Å². The lowest BCUT2D eigenvalue weighted by molar-refractivity contribution is -0.385. The molecule has 0 fully saturated rings. The van der Waals surface area contributed by atoms with Gasteiger partial charge in [-0.3, -0.25) is 14.9 Å². The van der Waals surface area contributed by atoms with Crippen molar-refractivity contribution >= 4 is 29.0 Å². The number of anilines is 1. The summed E-state index contributed by atoms with van der Waals surface area (Å²) in [6.45, 7) is 0.382. The van der Waals surface area contributed by atoms with Crippen molar-refractivity contribution in [1.82, 2.24) is 0 Å². The van der Waals surface area contributed by atoms with Crippen molar-refractivity contribution in [1.29, 1.82) is 0 Å². The Morgan fingerprint density at radius 3 is 2.79 bits per heavy atom. The molecule has 24 heavy (non-hydrogen) atoms. The third-order valence-electron chi connectivity index (χ3n) is 3.65. The fourth-order valence-corrected chi connectivity index (χ4v) is 3.53. The molecular weight excluding hydrogens is 328 g/mol. The van der Waals surface area contributed by atoms with Gasteiger partial charge < -0.3 is 9.64 Å². The number of hydrogen-bond acceptors (Lipinski definition) is 5. The number of nitrogens with zero attached hydrogens (tertiary/aromatic N) is 2. The van der Waals surface area contributed by atoms with Gasteiger partial charge in [-0.25, -0.2) is 0 Å². The normalized spacial score (nSPS) is 13.8. The second-order valence-corrected chi connectivity index (χ2v) is 6.37. The van der Waals surface area contributed by atoms with Crippen LogP contribution in [0.25, 0.3) is 0 Å². The molecule has 0 N–H and O–H groups in total. The summed E-state index contributed by atoms with van der Waals surface area (Å²) in [5.74, 6) is 0.850. The zero-order chi connectivity index (χ0) is 16.9. The number of carbonyl (C=O) groups is 1. The van der Waals surface area contributed by atoms with Gasteiger partial charge in [0.1, 0.15) is 0 Å². The first-order chi connectivity index (χ1) is 11.7. The van der Waals surface area contributed by atoms with Gasteiger partial charge in [-0.2, -0.15) is 0 Å². The third kappa shape index (κ3) is 3.51. The van der Waals surface area contributed by atoms with Gasteiger partial charge in [0.15, 0.2) is 12.4 Å². The fourth-order valence-electron chi connectivity index (χ4n) is 2.53.